The molecule has 0 saturated heterocycles. The van der Waals surface area contributed by atoms with Crippen LogP contribution in [0.5, 0.6) is 0 Å². The minimum absolute atomic E-state index is 0.334. The summed E-state index contributed by atoms with van der Waals surface area (Å²) in [7, 11) is 0. The zero-order valence-corrected chi connectivity index (χ0v) is 10.2. The minimum atomic E-state index is -0.377. The van der Waals surface area contributed by atoms with Crippen molar-refractivity contribution in [2.75, 3.05) is 6.61 Å². The number of esters is 1. The molecule has 2 rings (SSSR count). The zero-order chi connectivity index (χ0) is 12.8. The fourth-order valence-corrected chi connectivity index (χ4v) is 1.50. The molecule has 0 amide bonds. The molecular formula is C14H14N2O2. The van der Waals surface area contributed by atoms with Gasteiger partial charge >= 0.3 is 5.97 Å². The van der Waals surface area contributed by atoms with Gasteiger partial charge in [0, 0.05) is 24.2 Å². The summed E-state index contributed by atoms with van der Waals surface area (Å²) in [6.45, 7) is 2.37. The van der Waals surface area contributed by atoms with Gasteiger partial charge in [-0.05, 0) is 30.2 Å². The van der Waals surface area contributed by atoms with Gasteiger partial charge in [-0.25, -0.2) is 9.78 Å². The van der Waals surface area contributed by atoms with E-state index in [2.05, 4.69) is 9.97 Å². The molecule has 0 radical (unpaired) electrons. The lowest BCUT2D eigenvalue weighted by molar-refractivity contribution is 0.0498. The molecular weight excluding hydrogens is 228 g/mol. The number of ether oxygens (including phenoxy) is 1. The summed E-state index contributed by atoms with van der Waals surface area (Å²) in [5, 5.41) is 0. The lowest BCUT2D eigenvalue weighted by Crippen LogP contribution is -2.07. The second-order valence-electron chi connectivity index (χ2n) is 3.80. The summed E-state index contributed by atoms with van der Waals surface area (Å²) in [6.07, 6.45) is 5.91. The molecule has 0 atom stereocenters. The highest BCUT2D eigenvalue weighted by Gasteiger charge is 2.08. The number of rotatable bonds is 4. The molecule has 0 aromatic carbocycles. The molecule has 0 aliphatic heterocycles. The normalized spacial score (nSPS) is 10.1. The van der Waals surface area contributed by atoms with Gasteiger partial charge in [0.15, 0.2) is 0 Å². The van der Waals surface area contributed by atoms with Crippen LogP contribution in [-0.2, 0) is 4.74 Å². The number of aromatic nitrogens is 2. The predicted octanol–water partition coefficient (Wildman–Crippen LogP) is 2.71. The van der Waals surface area contributed by atoms with Crippen LogP contribution in [0.4, 0.5) is 0 Å². The summed E-state index contributed by atoms with van der Waals surface area (Å²) in [6, 6.07) is 7.32. The van der Waals surface area contributed by atoms with Crippen molar-refractivity contribution < 1.29 is 9.53 Å². The first-order valence-corrected chi connectivity index (χ1v) is 5.85. The SMILES string of the molecule is CCCOC(=O)c1ccc(-c2ccncc2)cn1. The molecule has 4 nitrogen and oxygen atoms in total. The number of hydrogen-bond donors (Lipinski definition) is 0. The smallest absolute Gasteiger partial charge is 0.356 e. The Hall–Kier alpha value is -2.23. The zero-order valence-electron chi connectivity index (χ0n) is 10.2. The Morgan fingerprint density at radius 2 is 1.94 bits per heavy atom. The molecule has 2 aromatic rings. The Kier molecular flexibility index (Phi) is 4.02. The average Bonchev–Trinajstić information content (AvgIpc) is 2.46. The van der Waals surface area contributed by atoms with Crippen molar-refractivity contribution in [3.8, 4) is 11.1 Å². The van der Waals surface area contributed by atoms with E-state index < -0.39 is 0 Å². The average molecular weight is 242 g/mol. The third kappa shape index (κ3) is 2.91. The first-order chi connectivity index (χ1) is 8.81. The van der Waals surface area contributed by atoms with E-state index in [4.69, 9.17) is 4.74 Å². The fourth-order valence-electron chi connectivity index (χ4n) is 1.50. The Bertz CT molecular complexity index is 509. The number of pyridine rings is 2. The molecule has 0 aliphatic carbocycles. The molecule has 2 aromatic heterocycles. The van der Waals surface area contributed by atoms with Crippen molar-refractivity contribution in [1.82, 2.24) is 9.97 Å². The standard InChI is InChI=1S/C14H14N2O2/c1-2-9-18-14(17)13-4-3-12(10-16-13)11-5-7-15-8-6-11/h3-8,10H,2,9H2,1H3. The Labute approximate surface area is 106 Å². The van der Waals surface area contributed by atoms with Crippen LogP contribution in [0.1, 0.15) is 23.8 Å². The van der Waals surface area contributed by atoms with E-state index >= 15 is 0 Å². The van der Waals surface area contributed by atoms with Gasteiger partial charge in [-0.1, -0.05) is 13.0 Å². The number of nitrogens with zero attached hydrogens (tertiary/aromatic N) is 2. The van der Waals surface area contributed by atoms with E-state index in [1.165, 1.54) is 0 Å². The predicted molar refractivity (Wildman–Crippen MR) is 68.0 cm³/mol. The molecule has 0 N–H and O–H groups in total. The number of carbonyl (C=O) groups excluding carboxylic acids is 1. The van der Waals surface area contributed by atoms with Gasteiger partial charge in [0.1, 0.15) is 5.69 Å². The number of carbonyl (C=O) groups is 1. The topological polar surface area (TPSA) is 52.1 Å². The summed E-state index contributed by atoms with van der Waals surface area (Å²) >= 11 is 0. The van der Waals surface area contributed by atoms with Gasteiger partial charge < -0.3 is 4.74 Å². The highest BCUT2D eigenvalue weighted by Crippen LogP contribution is 2.17. The van der Waals surface area contributed by atoms with Crippen molar-refractivity contribution in [2.24, 2.45) is 0 Å². The maximum Gasteiger partial charge on any atom is 0.356 e. The van der Waals surface area contributed by atoms with Gasteiger partial charge in [0.25, 0.3) is 0 Å². The Morgan fingerprint density at radius 1 is 1.17 bits per heavy atom. The highest BCUT2D eigenvalue weighted by atomic mass is 16.5. The van der Waals surface area contributed by atoms with Crippen molar-refractivity contribution in [3.05, 3.63) is 48.5 Å². The second kappa shape index (κ2) is 5.91. The lowest BCUT2D eigenvalue weighted by atomic mass is 10.1. The van der Waals surface area contributed by atoms with Crippen LogP contribution in [0.2, 0.25) is 0 Å². The molecule has 0 bridgehead atoms. The van der Waals surface area contributed by atoms with Crippen LogP contribution in [0.3, 0.4) is 0 Å². The van der Waals surface area contributed by atoms with Crippen LogP contribution in [0.25, 0.3) is 11.1 Å². The first kappa shape index (κ1) is 12.2. The van der Waals surface area contributed by atoms with Crippen LogP contribution in [-0.4, -0.2) is 22.5 Å². The van der Waals surface area contributed by atoms with E-state index in [9.17, 15) is 4.79 Å². The molecule has 0 aliphatic rings. The molecule has 0 spiro atoms. The van der Waals surface area contributed by atoms with Gasteiger partial charge in [0.05, 0.1) is 6.61 Å². The molecule has 0 fully saturated rings. The third-order valence-electron chi connectivity index (χ3n) is 2.42. The quantitative estimate of drug-likeness (QED) is 0.773. The minimum Gasteiger partial charge on any atom is -0.461 e. The molecule has 92 valence electrons. The van der Waals surface area contributed by atoms with Crippen molar-refractivity contribution in [2.45, 2.75) is 13.3 Å². The lowest BCUT2D eigenvalue weighted by Gasteiger charge is -2.04. The Balaban J connectivity index is 2.13. The summed E-state index contributed by atoms with van der Waals surface area (Å²) in [5.74, 6) is -0.377. The van der Waals surface area contributed by atoms with Crippen molar-refractivity contribution >= 4 is 5.97 Å². The van der Waals surface area contributed by atoms with E-state index in [0.717, 1.165) is 17.5 Å². The van der Waals surface area contributed by atoms with Gasteiger partial charge in [0.2, 0.25) is 0 Å². The molecule has 18 heavy (non-hydrogen) atoms. The largest absolute Gasteiger partial charge is 0.461 e. The summed E-state index contributed by atoms with van der Waals surface area (Å²) in [5.41, 5.74) is 2.30. The van der Waals surface area contributed by atoms with Gasteiger partial charge in [-0.3, -0.25) is 4.98 Å². The van der Waals surface area contributed by atoms with Crippen LogP contribution in [0, 0.1) is 0 Å². The molecule has 0 saturated carbocycles. The van der Waals surface area contributed by atoms with Gasteiger partial charge in [-0.2, -0.15) is 0 Å². The Morgan fingerprint density at radius 3 is 2.56 bits per heavy atom. The molecule has 2 heterocycles. The van der Waals surface area contributed by atoms with E-state index in [1.54, 1.807) is 24.7 Å². The van der Waals surface area contributed by atoms with Crippen molar-refractivity contribution in [3.63, 3.8) is 0 Å². The summed E-state index contributed by atoms with van der Waals surface area (Å²) in [4.78, 5) is 19.6. The monoisotopic (exact) mass is 242 g/mol. The van der Waals surface area contributed by atoms with Crippen molar-refractivity contribution in [1.29, 1.82) is 0 Å². The van der Waals surface area contributed by atoms with Crippen LogP contribution in [0.15, 0.2) is 42.9 Å². The summed E-state index contributed by atoms with van der Waals surface area (Å²) < 4.78 is 5.01. The molecule has 4 heteroatoms. The van der Waals surface area contributed by atoms with E-state index in [1.807, 2.05) is 25.1 Å². The third-order valence-corrected chi connectivity index (χ3v) is 2.42. The molecule has 0 unspecified atom stereocenters. The number of hydrogen-bond acceptors (Lipinski definition) is 4. The van der Waals surface area contributed by atoms with Crippen LogP contribution < -0.4 is 0 Å². The van der Waals surface area contributed by atoms with E-state index in [-0.39, 0.29) is 5.97 Å². The maximum atomic E-state index is 11.6. The van der Waals surface area contributed by atoms with Crippen LogP contribution >= 0.6 is 0 Å². The highest BCUT2D eigenvalue weighted by molar-refractivity contribution is 5.87. The second-order valence-corrected chi connectivity index (χ2v) is 3.80. The fraction of sp³-hybridized carbons (Fsp3) is 0.214. The van der Waals surface area contributed by atoms with Gasteiger partial charge in [-0.15, -0.1) is 0 Å². The van der Waals surface area contributed by atoms with E-state index in [0.29, 0.717) is 12.3 Å². The maximum absolute atomic E-state index is 11.6. The first-order valence-electron chi connectivity index (χ1n) is 5.85.